The SMILES string of the molecule is Cc1ccc(C)c(NC(=O)CSC2=C(C#N)[C@@H](c3cccs3)CC(=O)N2)c1. The molecule has 0 fully saturated rings. The minimum Gasteiger partial charge on any atom is -0.325 e. The van der Waals surface area contributed by atoms with Crippen molar-refractivity contribution in [3.05, 3.63) is 62.3 Å². The second-order valence-corrected chi connectivity index (χ2v) is 8.30. The van der Waals surface area contributed by atoms with Gasteiger partial charge in [-0.05, 0) is 42.5 Å². The molecule has 3 rings (SSSR count). The van der Waals surface area contributed by atoms with Crippen LogP contribution in [0, 0.1) is 25.2 Å². The van der Waals surface area contributed by atoms with Crippen LogP contribution in [0.1, 0.15) is 28.3 Å². The summed E-state index contributed by atoms with van der Waals surface area (Å²) in [5, 5.41) is 17.7. The zero-order valence-corrected chi connectivity index (χ0v) is 16.7. The molecule has 5 nitrogen and oxygen atoms in total. The van der Waals surface area contributed by atoms with E-state index in [1.807, 2.05) is 49.6 Å². The molecule has 0 saturated carbocycles. The molecule has 2 aromatic rings. The predicted molar refractivity (Wildman–Crippen MR) is 109 cm³/mol. The lowest BCUT2D eigenvalue weighted by Gasteiger charge is -2.23. The van der Waals surface area contributed by atoms with Crippen LogP contribution in [0.15, 0.2) is 46.3 Å². The molecule has 1 aromatic heterocycles. The summed E-state index contributed by atoms with van der Waals surface area (Å²) >= 11 is 2.72. The lowest BCUT2D eigenvalue weighted by Crippen LogP contribution is -2.31. The van der Waals surface area contributed by atoms with E-state index in [0.29, 0.717) is 10.6 Å². The number of rotatable bonds is 5. The number of allylic oxidation sites excluding steroid dienone is 1. The van der Waals surface area contributed by atoms with Gasteiger partial charge in [-0.2, -0.15) is 5.26 Å². The number of thioether (sulfide) groups is 1. The Morgan fingerprint density at radius 1 is 1.41 bits per heavy atom. The van der Waals surface area contributed by atoms with Gasteiger partial charge in [-0.1, -0.05) is 30.0 Å². The second kappa shape index (κ2) is 8.42. The summed E-state index contributed by atoms with van der Waals surface area (Å²) in [4.78, 5) is 25.4. The van der Waals surface area contributed by atoms with Gasteiger partial charge in [0.25, 0.3) is 0 Å². The molecule has 7 heteroatoms. The molecule has 27 heavy (non-hydrogen) atoms. The number of nitrogens with zero attached hydrogens (tertiary/aromatic N) is 1. The maximum Gasteiger partial charge on any atom is 0.234 e. The maximum atomic E-state index is 12.4. The van der Waals surface area contributed by atoms with Gasteiger partial charge in [0, 0.05) is 22.9 Å². The largest absolute Gasteiger partial charge is 0.325 e. The number of hydrogen-bond donors (Lipinski definition) is 2. The monoisotopic (exact) mass is 397 g/mol. The van der Waals surface area contributed by atoms with Crippen LogP contribution in [0.4, 0.5) is 5.69 Å². The van der Waals surface area contributed by atoms with E-state index in [1.165, 1.54) is 23.1 Å². The average molecular weight is 398 g/mol. The smallest absolute Gasteiger partial charge is 0.234 e. The van der Waals surface area contributed by atoms with Gasteiger partial charge in [0.2, 0.25) is 11.8 Å². The number of benzene rings is 1. The lowest BCUT2D eigenvalue weighted by atomic mass is 9.93. The van der Waals surface area contributed by atoms with Crippen molar-refractivity contribution in [3.8, 4) is 6.07 Å². The maximum absolute atomic E-state index is 12.4. The molecule has 0 aliphatic carbocycles. The first-order valence-corrected chi connectivity index (χ1v) is 10.3. The van der Waals surface area contributed by atoms with Gasteiger partial charge in [0.05, 0.1) is 22.4 Å². The fourth-order valence-electron chi connectivity index (χ4n) is 2.86. The van der Waals surface area contributed by atoms with Gasteiger partial charge in [0.1, 0.15) is 0 Å². The van der Waals surface area contributed by atoms with Gasteiger partial charge in [0.15, 0.2) is 0 Å². The highest BCUT2D eigenvalue weighted by Gasteiger charge is 2.30. The number of aryl methyl sites for hydroxylation is 2. The molecular formula is C20H19N3O2S2. The summed E-state index contributed by atoms with van der Waals surface area (Å²) in [6.07, 6.45) is 0.252. The van der Waals surface area contributed by atoms with Crippen LogP contribution in [0.25, 0.3) is 0 Å². The van der Waals surface area contributed by atoms with E-state index in [1.54, 1.807) is 0 Å². The van der Waals surface area contributed by atoms with Crippen LogP contribution in [0.2, 0.25) is 0 Å². The van der Waals surface area contributed by atoms with E-state index < -0.39 is 0 Å². The van der Waals surface area contributed by atoms with E-state index in [2.05, 4.69) is 16.7 Å². The van der Waals surface area contributed by atoms with Crippen LogP contribution in [-0.2, 0) is 9.59 Å². The molecule has 1 aliphatic rings. The fraction of sp³-hybridized carbons (Fsp3) is 0.250. The van der Waals surface area contributed by atoms with E-state index in [-0.39, 0.29) is 29.9 Å². The van der Waals surface area contributed by atoms with Crippen molar-refractivity contribution >= 4 is 40.6 Å². The van der Waals surface area contributed by atoms with Gasteiger partial charge in [-0.15, -0.1) is 11.3 Å². The Balaban J connectivity index is 1.73. The van der Waals surface area contributed by atoms with E-state index in [4.69, 9.17) is 0 Å². The number of anilines is 1. The summed E-state index contributed by atoms with van der Waals surface area (Å²) < 4.78 is 0. The molecule has 0 saturated heterocycles. The second-order valence-electron chi connectivity index (χ2n) is 6.33. The first-order valence-electron chi connectivity index (χ1n) is 8.45. The fourth-order valence-corrected chi connectivity index (χ4v) is 4.57. The molecule has 0 unspecified atom stereocenters. The summed E-state index contributed by atoms with van der Waals surface area (Å²) in [7, 11) is 0. The Kier molecular flexibility index (Phi) is 5.99. The Morgan fingerprint density at radius 2 is 2.22 bits per heavy atom. The molecule has 1 atom stereocenters. The molecule has 0 radical (unpaired) electrons. The van der Waals surface area contributed by atoms with Crippen LogP contribution in [-0.4, -0.2) is 17.6 Å². The van der Waals surface area contributed by atoms with Crippen LogP contribution >= 0.6 is 23.1 Å². The molecule has 2 amide bonds. The van der Waals surface area contributed by atoms with Crippen LogP contribution < -0.4 is 10.6 Å². The molecule has 0 spiro atoms. The van der Waals surface area contributed by atoms with E-state index in [0.717, 1.165) is 21.7 Å². The Hall–Kier alpha value is -2.56. The number of thiophene rings is 1. The van der Waals surface area contributed by atoms with E-state index >= 15 is 0 Å². The number of nitrogens with one attached hydrogen (secondary N) is 2. The highest BCUT2D eigenvalue weighted by Crippen LogP contribution is 2.37. The molecule has 0 bridgehead atoms. The Bertz CT molecular complexity index is 943. The van der Waals surface area contributed by atoms with Gasteiger partial charge >= 0.3 is 0 Å². The molecule has 2 heterocycles. The highest BCUT2D eigenvalue weighted by molar-refractivity contribution is 8.03. The zero-order valence-electron chi connectivity index (χ0n) is 15.0. The standard InChI is InChI=1S/C20H19N3O2S2/c1-12-5-6-13(2)16(8-12)22-19(25)11-27-20-15(10-21)14(9-18(24)23-20)17-4-3-7-26-17/h3-8,14H,9,11H2,1-2H3,(H,22,25)(H,23,24)/t14-/m0/s1. The van der Waals surface area contributed by atoms with Crippen molar-refractivity contribution in [2.45, 2.75) is 26.2 Å². The third-order valence-electron chi connectivity index (χ3n) is 4.26. The zero-order chi connectivity index (χ0) is 19.4. The summed E-state index contributed by atoms with van der Waals surface area (Å²) in [6, 6.07) is 11.9. The Labute approximate surface area is 166 Å². The number of carbonyl (C=O) groups is 2. The van der Waals surface area contributed by atoms with Crippen molar-refractivity contribution in [1.82, 2.24) is 5.32 Å². The number of carbonyl (C=O) groups excluding carboxylic acids is 2. The minimum atomic E-state index is -0.242. The third kappa shape index (κ3) is 4.59. The summed E-state index contributed by atoms with van der Waals surface area (Å²) in [6.45, 7) is 3.90. The van der Waals surface area contributed by atoms with Crippen molar-refractivity contribution in [3.63, 3.8) is 0 Å². The minimum absolute atomic E-state index is 0.116. The predicted octanol–water partition coefficient (Wildman–Crippen LogP) is 4.08. The first-order chi connectivity index (χ1) is 13.0. The normalized spacial score (nSPS) is 16.6. The van der Waals surface area contributed by atoms with Crippen molar-refractivity contribution in [1.29, 1.82) is 5.26 Å². The molecular weight excluding hydrogens is 378 g/mol. The molecule has 138 valence electrons. The van der Waals surface area contributed by atoms with Crippen molar-refractivity contribution < 1.29 is 9.59 Å². The van der Waals surface area contributed by atoms with E-state index in [9.17, 15) is 14.9 Å². The Morgan fingerprint density at radius 3 is 2.93 bits per heavy atom. The first kappa shape index (κ1) is 19.2. The average Bonchev–Trinajstić information content (AvgIpc) is 3.17. The highest BCUT2D eigenvalue weighted by atomic mass is 32.2. The topological polar surface area (TPSA) is 82.0 Å². The molecule has 1 aliphatic heterocycles. The van der Waals surface area contributed by atoms with Crippen LogP contribution in [0.5, 0.6) is 0 Å². The number of hydrogen-bond acceptors (Lipinski definition) is 5. The van der Waals surface area contributed by atoms with Crippen LogP contribution in [0.3, 0.4) is 0 Å². The molecule has 2 N–H and O–H groups in total. The third-order valence-corrected chi connectivity index (χ3v) is 6.26. The van der Waals surface area contributed by atoms with Gasteiger partial charge < -0.3 is 10.6 Å². The summed E-state index contributed by atoms with van der Waals surface area (Å²) in [5.41, 5.74) is 3.34. The number of amides is 2. The van der Waals surface area contributed by atoms with Gasteiger partial charge in [-0.25, -0.2) is 0 Å². The quantitative estimate of drug-likeness (QED) is 0.797. The van der Waals surface area contributed by atoms with Crippen molar-refractivity contribution in [2.24, 2.45) is 0 Å². The van der Waals surface area contributed by atoms with Gasteiger partial charge in [-0.3, -0.25) is 9.59 Å². The summed E-state index contributed by atoms with van der Waals surface area (Å²) in [5.74, 6) is -0.435. The lowest BCUT2D eigenvalue weighted by molar-refractivity contribution is -0.121. The molecule has 1 aromatic carbocycles. The number of nitriles is 1. The van der Waals surface area contributed by atoms with Crippen molar-refractivity contribution in [2.75, 3.05) is 11.1 Å².